The number of aromatic nitrogens is 3. The Bertz CT molecular complexity index is 691. The molecule has 0 radical (unpaired) electrons. The van der Waals surface area contributed by atoms with Crippen molar-refractivity contribution in [2.24, 2.45) is 0 Å². The number of hydrogen-bond donors (Lipinski definition) is 3. The van der Waals surface area contributed by atoms with Gasteiger partial charge in [0.25, 0.3) is 0 Å². The Morgan fingerprint density at radius 3 is 2.71 bits per heavy atom. The third-order valence-electron chi connectivity index (χ3n) is 2.63. The summed E-state index contributed by atoms with van der Waals surface area (Å²) in [5, 5.41) is 29.6. The molecule has 0 bridgehead atoms. The normalized spacial score (nSPS) is 10.8. The van der Waals surface area contributed by atoms with Crippen LogP contribution in [0.1, 0.15) is 0 Å². The lowest BCUT2D eigenvalue weighted by Crippen LogP contribution is -1.82. The molecule has 5 heteroatoms. The number of fused-ring (bicyclic) bond motifs is 1. The Hall–Kier alpha value is -2.56. The minimum Gasteiger partial charge on any atom is -0.508 e. The van der Waals surface area contributed by atoms with Crippen molar-refractivity contribution in [3.63, 3.8) is 0 Å². The van der Waals surface area contributed by atoms with Gasteiger partial charge in [0.2, 0.25) is 0 Å². The van der Waals surface area contributed by atoms with E-state index in [0.29, 0.717) is 11.1 Å². The van der Waals surface area contributed by atoms with Crippen LogP contribution in [-0.2, 0) is 0 Å². The minimum absolute atomic E-state index is 0.0144. The maximum absolute atomic E-state index is 9.82. The van der Waals surface area contributed by atoms with Crippen LogP contribution < -0.4 is 0 Å². The molecule has 0 aliphatic heterocycles. The molecular formula is C12H9N3O2. The Morgan fingerprint density at radius 2 is 1.88 bits per heavy atom. The van der Waals surface area contributed by atoms with Crippen molar-refractivity contribution in [3.8, 4) is 22.6 Å². The molecule has 0 aliphatic carbocycles. The number of hydrogen-bond acceptors (Lipinski definition) is 4. The van der Waals surface area contributed by atoms with Crippen LogP contribution in [0.5, 0.6) is 11.5 Å². The molecule has 1 aromatic heterocycles. The second kappa shape index (κ2) is 3.48. The van der Waals surface area contributed by atoms with Crippen LogP contribution in [0, 0.1) is 0 Å². The highest BCUT2D eigenvalue weighted by Crippen LogP contribution is 2.34. The summed E-state index contributed by atoms with van der Waals surface area (Å²) in [4.78, 5) is 0. The van der Waals surface area contributed by atoms with E-state index in [1.165, 1.54) is 12.1 Å². The Kier molecular flexibility index (Phi) is 1.98. The maximum atomic E-state index is 9.82. The summed E-state index contributed by atoms with van der Waals surface area (Å²) in [7, 11) is 0. The van der Waals surface area contributed by atoms with E-state index in [4.69, 9.17) is 0 Å². The first kappa shape index (κ1) is 9.65. The fourth-order valence-electron chi connectivity index (χ4n) is 1.84. The Morgan fingerprint density at radius 1 is 1.00 bits per heavy atom. The van der Waals surface area contributed by atoms with E-state index in [0.717, 1.165) is 11.1 Å². The first-order valence-electron chi connectivity index (χ1n) is 5.08. The van der Waals surface area contributed by atoms with Gasteiger partial charge in [-0.3, -0.25) is 5.10 Å². The van der Waals surface area contributed by atoms with Gasteiger partial charge in [0.1, 0.15) is 17.0 Å². The Labute approximate surface area is 96.3 Å². The zero-order chi connectivity index (χ0) is 11.8. The van der Waals surface area contributed by atoms with Gasteiger partial charge in [-0.2, -0.15) is 0 Å². The summed E-state index contributed by atoms with van der Waals surface area (Å²) in [6.45, 7) is 0. The van der Waals surface area contributed by atoms with Gasteiger partial charge in [-0.25, -0.2) is 0 Å². The van der Waals surface area contributed by atoms with Gasteiger partial charge in [-0.15, -0.1) is 5.10 Å². The van der Waals surface area contributed by atoms with E-state index in [1.807, 2.05) is 18.2 Å². The molecule has 3 rings (SSSR count). The van der Waals surface area contributed by atoms with E-state index >= 15 is 0 Å². The lowest BCUT2D eigenvalue weighted by molar-refractivity contribution is 0.452. The van der Waals surface area contributed by atoms with Gasteiger partial charge < -0.3 is 10.2 Å². The predicted molar refractivity (Wildman–Crippen MR) is 62.7 cm³/mol. The van der Waals surface area contributed by atoms with E-state index in [9.17, 15) is 10.2 Å². The molecule has 0 saturated carbocycles. The highest BCUT2D eigenvalue weighted by molar-refractivity contribution is 5.92. The molecule has 1 heterocycles. The topological polar surface area (TPSA) is 82.0 Å². The van der Waals surface area contributed by atoms with Crippen LogP contribution in [0.15, 0.2) is 36.4 Å². The number of phenolic OH excluding ortho intramolecular Hbond substituents is 2. The van der Waals surface area contributed by atoms with Crippen LogP contribution in [0.4, 0.5) is 0 Å². The molecule has 17 heavy (non-hydrogen) atoms. The summed E-state index contributed by atoms with van der Waals surface area (Å²) in [6.07, 6.45) is 0. The largest absolute Gasteiger partial charge is 0.508 e. The standard InChI is InChI=1S/C12H9N3O2/c16-7-4-5-8(11(17)6-7)9-2-1-3-10-12(9)14-15-13-10/h1-6,16-17H,(H,13,14,15). The third-order valence-corrected chi connectivity index (χ3v) is 2.63. The molecule has 0 unspecified atom stereocenters. The fraction of sp³-hybridized carbons (Fsp3) is 0. The smallest absolute Gasteiger partial charge is 0.127 e. The maximum Gasteiger partial charge on any atom is 0.127 e. The van der Waals surface area contributed by atoms with Crippen LogP contribution in [0.25, 0.3) is 22.2 Å². The number of nitrogens with zero attached hydrogens (tertiary/aromatic N) is 2. The summed E-state index contributed by atoms with van der Waals surface area (Å²) in [5.41, 5.74) is 2.87. The number of benzene rings is 2. The third kappa shape index (κ3) is 1.48. The van der Waals surface area contributed by atoms with Crippen molar-refractivity contribution in [1.82, 2.24) is 15.4 Å². The zero-order valence-corrected chi connectivity index (χ0v) is 8.75. The molecule has 3 N–H and O–H groups in total. The van der Waals surface area contributed by atoms with Crippen molar-refractivity contribution in [1.29, 1.82) is 0 Å². The van der Waals surface area contributed by atoms with Gasteiger partial charge in [-0.1, -0.05) is 17.3 Å². The number of rotatable bonds is 1. The zero-order valence-electron chi connectivity index (χ0n) is 8.75. The van der Waals surface area contributed by atoms with Crippen LogP contribution in [0.3, 0.4) is 0 Å². The first-order valence-corrected chi connectivity index (χ1v) is 5.08. The molecule has 0 amide bonds. The summed E-state index contributed by atoms with van der Waals surface area (Å²) in [6, 6.07) is 10.0. The summed E-state index contributed by atoms with van der Waals surface area (Å²) < 4.78 is 0. The van der Waals surface area contributed by atoms with Crippen LogP contribution in [-0.4, -0.2) is 25.6 Å². The van der Waals surface area contributed by atoms with E-state index in [1.54, 1.807) is 6.07 Å². The van der Waals surface area contributed by atoms with Crippen LogP contribution in [0.2, 0.25) is 0 Å². The van der Waals surface area contributed by atoms with Gasteiger partial charge in [-0.05, 0) is 18.2 Å². The van der Waals surface area contributed by atoms with Crippen molar-refractivity contribution < 1.29 is 10.2 Å². The molecule has 0 saturated heterocycles. The van der Waals surface area contributed by atoms with E-state index < -0.39 is 0 Å². The molecule has 5 nitrogen and oxygen atoms in total. The molecule has 0 aliphatic rings. The summed E-state index contributed by atoms with van der Waals surface area (Å²) in [5.74, 6) is 0.0408. The monoisotopic (exact) mass is 227 g/mol. The molecule has 0 fully saturated rings. The van der Waals surface area contributed by atoms with Crippen molar-refractivity contribution in [2.75, 3.05) is 0 Å². The average Bonchev–Trinajstić information content (AvgIpc) is 2.77. The number of phenols is 2. The SMILES string of the molecule is Oc1ccc(-c2cccc3[nH]nnc23)c(O)c1. The molecule has 2 aromatic carbocycles. The molecular weight excluding hydrogens is 218 g/mol. The lowest BCUT2D eigenvalue weighted by atomic mass is 10.0. The number of aromatic hydroxyl groups is 2. The number of aromatic amines is 1. The van der Waals surface area contributed by atoms with Crippen molar-refractivity contribution in [3.05, 3.63) is 36.4 Å². The Balaban J connectivity index is 2.30. The molecule has 3 aromatic rings. The molecule has 84 valence electrons. The predicted octanol–water partition coefficient (Wildman–Crippen LogP) is 2.04. The van der Waals surface area contributed by atoms with Gasteiger partial charge >= 0.3 is 0 Å². The van der Waals surface area contributed by atoms with Crippen molar-refractivity contribution >= 4 is 11.0 Å². The molecule has 0 atom stereocenters. The fourth-order valence-corrected chi connectivity index (χ4v) is 1.84. The highest BCUT2D eigenvalue weighted by Gasteiger charge is 2.10. The highest BCUT2D eigenvalue weighted by atomic mass is 16.3. The van der Waals surface area contributed by atoms with Gasteiger partial charge in [0.15, 0.2) is 0 Å². The van der Waals surface area contributed by atoms with E-state index in [2.05, 4.69) is 15.4 Å². The summed E-state index contributed by atoms with van der Waals surface area (Å²) >= 11 is 0. The second-order valence-corrected chi connectivity index (χ2v) is 3.71. The van der Waals surface area contributed by atoms with E-state index in [-0.39, 0.29) is 11.5 Å². The quantitative estimate of drug-likeness (QED) is 0.594. The number of nitrogens with one attached hydrogen (secondary N) is 1. The van der Waals surface area contributed by atoms with Gasteiger partial charge in [0.05, 0.1) is 5.52 Å². The number of H-pyrrole nitrogens is 1. The first-order chi connectivity index (χ1) is 8.25. The van der Waals surface area contributed by atoms with Gasteiger partial charge in [0, 0.05) is 17.2 Å². The average molecular weight is 227 g/mol. The van der Waals surface area contributed by atoms with Crippen molar-refractivity contribution in [2.45, 2.75) is 0 Å². The van der Waals surface area contributed by atoms with Crippen LogP contribution >= 0.6 is 0 Å². The minimum atomic E-state index is 0.0144. The second-order valence-electron chi connectivity index (χ2n) is 3.71. The lowest BCUT2D eigenvalue weighted by Gasteiger charge is -2.05. The molecule has 0 spiro atoms.